The van der Waals surface area contributed by atoms with E-state index in [1.165, 1.54) is 11.3 Å². The predicted molar refractivity (Wildman–Crippen MR) is 132 cm³/mol. The molecule has 6 nitrogen and oxygen atoms in total. The van der Waals surface area contributed by atoms with Crippen molar-refractivity contribution in [2.75, 3.05) is 59.4 Å². The number of carbonyl (C=O) groups excluding carboxylic acids is 1. The van der Waals surface area contributed by atoms with Gasteiger partial charge in [-0.05, 0) is 43.0 Å². The number of hydrogen-bond donors (Lipinski definition) is 1. The van der Waals surface area contributed by atoms with Gasteiger partial charge in [-0.2, -0.15) is 0 Å². The van der Waals surface area contributed by atoms with Crippen LogP contribution in [0.15, 0.2) is 22.5 Å². The molecule has 29 heavy (non-hydrogen) atoms. The highest BCUT2D eigenvalue weighted by molar-refractivity contribution is 14.0. The molecular formula is C21H36IN5OS. The Morgan fingerprint density at radius 3 is 2.48 bits per heavy atom. The predicted octanol–water partition coefficient (Wildman–Crippen LogP) is 2.75. The summed E-state index contributed by atoms with van der Waals surface area (Å²) in [6, 6.07) is 4.33. The molecule has 1 atom stereocenters. The second kappa shape index (κ2) is 12.7. The first-order valence-electron chi connectivity index (χ1n) is 10.6. The Bertz CT molecular complexity index is 625. The summed E-state index contributed by atoms with van der Waals surface area (Å²) >= 11 is 1.83. The fourth-order valence-electron chi connectivity index (χ4n) is 3.99. The SMILES string of the molecule is CN=C(NCC(C)Cc1cccs1)N1CCN(CC(=O)N2CCCCC2)CC1.I. The number of guanidine groups is 1. The number of piperidine rings is 1. The fraction of sp³-hybridized carbons (Fsp3) is 0.714. The van der Waals surface area contributed by atoms with Crippen molar-refractivity contribution in [3.8, 4) is 0 Å². The zero-order valence-corrected chi connectivity index (χ0v) is 21.0. The highest BCUT2D eigenvalue weighted by Gasteiger charge is 2.24. The molecule has 0 radical (unpaired) electrons. The van der Waals surface area contributed by atoms with Crippen molar-refractivity contribution >= 4 is 47.2 Å². The van der Waals surface area contributed by atoms with Crippen molar-refractivity contribution in [1.82, 2.24) is 20.0 Å². The molecule has 0 bridgehead atoms. The molecule has 164 valence electrons. The highest BCUT2D eigenvalue weighted by atomic mass is 127. The maximum absolute atomic E-state index is 12.5. The van der Waals surface area contributed by atoms with E-state index in [2.05, 4.69) is 44.5 Å². The second-order valence-electron chi connectivity index (χ2n) is 8.02. The number of piperazine rings is 1. The molecule has 0 spiro atoms. The molecule has 0 aromatic carbocycles. The first-order valence-corrected chi connectivity index (χ1v) is 11.5. The molecule has 2 saturated heterocycles. The van der Waals surface area contributed by atoms with Crippen molar-refractivity contribution in [1.29, 1.82) is 0 Å². The minimum absolute atomic E-state index is 0. The minimum atomic E-state index is 0. The lowest BCUT2D eigenvalue weighted by Gasteiger charge is -2.37. The number of amides is 1. The number of hydrogen-bond acceptors (Lipinski definition) is 4. The van der Waals surface area contributed by atoms with E-state index >= 15 is 0 Å². The van der Waals surface area contributed by atoms with Crippen molar-refractivity contribution < 1.29 is 4.79 Å². The van der Waals surface area contributed by atoms with Crippen LogP contribution >= 0.6 is 35.3 Å². The Balaban J connectivity index is 0.00000300. The van der Waals surface area contributed by atoms with Crippen LogP contribution in [0.2, 0.25) is 0 Å². The molecule has 1 unspecified atom stereocenters. The number of nitrogens with zero attached hydrogens (tertiary/aromatic N) is 4. The third kappa shape index (κ3) is 7.71. The Hall–Kier alpha value is -0.870. The number of thiophene rings is 1. The van der Waals surface area contributed by atoms with E-state index in [0.717, 1.165) is 71.0 Å². The average Bonchev–Trinajstić information content (AvgIpc) is 3.23. The van der Waals surface area contributed by atoms with Crippen molar-refractivity contribution in [2.45, 2.75) is 32.6 Å². The van der Waals surface area contributed by atoms with Crippen molar-refractivity contribution in [3.63, 3.8) is 0 Å². The van der Waals surface area contributed by atoms with Crippen molar-refractivity contribution in [2.24, 2.45) is 10.9 Å². The van der Waals surface area contributed by atoms with Gasteiger partial charge >= 0.3 is 0 Å². The van der Waals surface area contributed by atoms with Gasteiger partial charge in [0.25, 0.3) is 0 Å². The molecule has 2 fully saturated rings. The largest absolute Gasteiger partial charge is 0.356 e. The molecule has 2 aliphatic rings. The topological polar surface area (TPSA) is 51.2 Å². The van der Waals surface area contributed by atoms with Gasteiger partial charge in [-0.25, -0.2) is 0 Å². The van der Waals surface area contributed by atoms with Crippen LogP contribution in [0.5, 0.6) is 0 Å². The van der Waals surface area contributed by atoms with E-state index in [4.69, 9.17) is 0 Å². The number of rotatable bonds is 6. The molecule has 3 heterocycles. The standard InChI is InChI=1S/C21H35N5OS.HI/c1-18(15-19-7-6-14-28-19)16-23-21(22-2)26-12-10-24(11-13-26)17-20(27)25-8-4-3-5-9-25;/h6-7,14,18H,3-5,8-13,15-17H2,1-2H3,(H,22,23);1H. The normalized spacial score (nSPS) is 19.6. The van der Waals surface area contributed by atoms with Crippen LogP contribution in [0, 0.1) is 5.92 Å². The van der Waals surface area contributed by atoms with Gasteiger partial charge in [0.05, 0.1) is 6.54 Å². The molecule has 0 saturated carbocycles. The number of nitrogens with one attached hydrogen (secondary N) is 1. The van der Waals surface area contributed by atoms with Crippen LogP contribution in [0.4, 0.5) is 0 Å². The third-order valence-electron chi connectivity index (χ3n) is 5.69. The average molecular weight is 534 g/mol. The quantitative estimate of drug-likeness (QED) is 0.347. The van der Waals surface area contributed by atoms with Gasteiger partial charge < -0.3 is 15.1 Å². The summed E-state index contributed by atoms with van der Waals surface area (Å²) in [5.74, 6) is 1.86. The Morgan fingerprint density at radius 2 is 1.86 bits per heavy atom. The van der Waals surface area contributed by atoms with Crippen LogP contribution in [0.1, 0.15) is 31.1 Å². The molecule has 1 N–H and O–H groups in total. The lowest BCUT2D eigenvalue weighted by atomic mass is 10.1. The molecule has 1 aromatic rings. The number of aliphatic imine (C=N–C) groups is 1. The molecule has 3 rings (SSSR count). The van der Waals surface area contributed by atoms with E-state index in [-0.39, 0.29) is 24.0 Å². The lowest BCUT2D eigenvalue weighted by molar-refractivity contribution is -0.133. The lowest BCUT2D eigenvalue weighted by Crippen LogP contribution is -2.54. The Labute approximate surface area is 196 Å². The Kier molecular flexibility index (Phi) is 10.7. The summed E-state index contributed by atoms with van der Waals surface area (Å²) in [5.41, 5.74) is 0. The van der Waals surface area contributed by atoms with Gasteiger partial charge in [-0.1, -0.05) is 13.0 Å². The van der Waals surface area contributed by atoms with E-state index in [1.807, 2.05) is 23.3 Å². The van der Waals surface area contributed by atoms with E-state index < -0.39 is 0 Å². The monoisotopic (exact) mass is 533 g/mol. The molecule has 0 aliphatic carbocycles. The molecule has 8 heteroatoms. The molecule has 1 amide bonds. The van der Waals surface area contributed by atoms with Crippen LogP contribution in [0.25, 0.3) is 0 Å². The van der Waals surface area contributed by atoms with Crippen LogP contribution < -0.4 is 5.32 Å². The van der Waals surface area contributed by atoms with E-state index in [1.54, 1.807) is 0 Å². The second-order valence-corrected chi connectivity index (χ2v) is 9.05. The zero-order valence-electron chi connectivity index (χ0n) is 17.8. The number of likely N-dealkylation sites (tertiary alicyclic amines) is 1. The van der Waals surface area contributed by atoms with Gasteiger partial charge in [0, 0.05) is 57.7 Å². The first kappa shape index (κ1) is 24.4. The van der Waals surface area contributed by atoms with Crippen LogP contribution in [-0.2, 0) is 11.2 Å². The van der Waals surface area contributed by atoms with Gasteiger partial charge in [0.2, 0.25) is 5.91 Å². The van der Waals surface area contributed by atoms with Crippen molar-refractivity contribution in [3.05, 3.63) is 22.4 Å². The third-order valence-corrected chi connectivity index (χ3v) is 6.59. The fourth-order valence-corrected chi connectivity index (χ4v) is 4.86. The molecule has 1 aromatic heterocycles. The van der Waals surface area contributed by atoms with E-state index in [0.29, 0.717) is 18.4 Å². The van der Waals surface area contributed by atoms with E-state index in [9.17, 15) is 4.79 Å². The molecule has 2 aliphatic heterocycles. The minimum Gasteiger partial charge on any atom is -0.356 e. The maximum atomic E-state index is 12.5. The van der Waals surface area contributed by atoms with Crippen LogP contribution in [-0.4, -0.2) is 86.0 Å². The molecular weight excluding hydrogens is 497 g/mol. The first-order chi connectivity index (χ1) is 13.7. The summed E-state index contributed by atoms with van der Waals surface area (Å²) in [5, 5.41) is 5.69. The maximum Gasteiger partial charge on any atom is 0.236 e. The summed E-state index contributed by atoms with van der Waals surface area (Å²) in [6.45, 7) is 9.35. The zero-order chi connectivity index (χ0) is 19.8. The van der Waals surface area contributed by atoms with Gasteiger partial charge in [-0.15, -0.1) is 35.3 Å². The van der Waals surface area contributed by atoms with Gasteiger partial charge in [-0.3, -0.25) is 14.7 Å². The summed E-state index contributed by atoms with van der Waals surface area (Å²) in [4.78, 5) is 25.1. The van der Waals surface area contributed by atoms with Crippen LogP contribution in [0.3, 0.4) is 0 Å². The summed E-state index contributed by atoms with van der Waals surface area (Å²) in [7, 11) is 1.86. The summed E-state index contributed by atoms with van der Waals surface area (Å²) in [6.07, 6.45) is 4.69. The number of carbonyl (C=O) groups is 1. The highest BCUT2D eigenvalue weighted by Crippen LogP contribution is 2.14. The Morgan fingerprint density at radius 1 is 1.14 bits per heavy atom. The number of halogens is 1. The summed E-state index contributed by atoms with van der Waals surface area (Å²) < 4.78 is 0. The smallest absolute Gasteiger partial charge is 0.236 e. The van der Waals surface area contributed by atoms with Gasteiger partial charge in [0.1, 0.15) is 0 Å². The van der Waals surface area contributed by atoms with Gasteiger partial charge in [0.15, 0.2) is 5.96 Å².